The van der Waals surface area contributed by atoms with E-state index in [1.807, 2.05) is 0 Å². The highest BCUT2D eigenvalue weighted by atomic mass is 14.9. The number of rotatable bonds is 4. The molecule has 0 bridgehead atoms. The Labute approximate surface area is 152 Å². The molecule has 25 heavy (non-hydrogen) atoms. The van der Waals surface area contributed by atoms with Gasteiger partial charge in [-0.3, -0.25) is 0 Å². The third-order valence-corrected chi connectivity index (χ3v) is 5.21. The molecule has 0 amide bonds. The molecule has 0 spiro atoms. The first-order valence-electron chi connectivity index (χ1n) is 9.43. The summed E-state index contributed by atoms with van der Waals surface area (Å²) in [7, 11) is 2.18. The Hall–Kier alpha value is -2.15. The lowest BCUT2D eigenvalue weighted by Crippen LogP contribution is -2.35. The second kappa shape index (κ2) is 7.00. The Balaban J connectivity index is 2.29. The summed E-state index contributed by atoms with van der Waals surface area (Å²) in [6, 6.07) is 16.2. The van der Waals surface area contributed by atoms with Gasteiger partial charge in [-0.2, -0.15) is 4.57 Å². The molecule has 0 unspecified atom stereocenters. The number of aryl methyl sites for hydroxylation is 3. The quantitative estimate of drug-likeness (QED) is 0.539. The average Bonchev–Trinajstić information content (AvgIpc) is 2.57. The van der Waals surface area contributed by atoms with Gasteiger partial charge in [-0.1, -0.05) is 45.0 Å². The van der Waals surface area contributed by atoms with Gasteiger partial charge in [0.25, 0.3) is 0 Å². The van der Waals surface area contributed by atoms with E-state index in [0.29, 0.717) is 5.92 Å². The van der Waals surface area contributed by atoms with E-state index in [0.717, 1.165) is 12.8 Å². The highest BCUT2D eigenvalue weighted by molar-refractivity contribution is 5.94. The van der Waals surface area contributed by atoms with Gasteiger partial charge in [-0.15, -0.1) is 0 Å². The molecule has 1 heteroatoms. The molecule has 0 saturated heterocycles. The van der Waals surface area contributed by atoms with E-state index in [2.05, 4.69) is 88.7 Å². The number of hydrogen-bond donors (Lipinski definition) is 0. The Morgan fingerprint density at radius 1 is 0.920 bits per heavy atom. The third-order valence-electron chi connectivity index (χ3n) is 5.21. The van der Waals surface area contributed by atoms with Gasteiger partial charge in [0, 0.05) is 18.6 Å². The molecule has 0 aliphatic carbocycles. The standard InChI is InChI=1S/C24H30N/c1-7-19-9-8-17(4)23(15-19)24-22-11-10-20(12-16(2)3)14-21(22)13-18(5)25(24)6/h8-11,13-16H,7,12H2,1-6H3/q+1. The zero-order valence-corrected chi connectivity index (χ0v) is 16.5. The van der Waals surface area contributed by atoms with Crippen LogP contribution >= 0.6 is 0 Å². The number of hydrogen-bond acceptors (Lipinski definition) is 0. The molecule has 0 fully saturated rings. The Morgan fingerprint density at radius 3 is 2.32 bits per heavy atom. The summed E-state index contributed by atoms with van der Waals surface area (Å²) in [5.41, 5.74) is 8.15. The number of fused-ring (bicyclic) bond motifs is 1. The minimum atomic E-state index is 0.682. The lowest BCUT2D eigenvalue weighted by Gasteiger charge is -2.13. The van der Waals surface area contributed by atoms with Crippen molar-refractivity contribution < 1.29 is 4.57 Å². The fourth-order valence-electron chi connectivity index (χ4n) is 3.69. The van der Waals surface area contributed by atoms with Crippen LogP contribution in [0.15, 0.2) is 42.5 Å². The van der Waals surface area contributed by atoms with Crippen LogP contribution in [0.3, 0.4) is 0 Å². The van der Waals surface area contributed by atoms with Crippen molar-refractivity contribution in [1.82, 2.24) is 0 Å². The maximum absolute atomic E-state index is 2.38. The van der Waals surface area contributed by atoms with E-state index in [9.17, 15) is 0 Å². The van der Waals surface area contributed by atoms with Crippen LogP contribution in [0.25, 0.3) is 22.0 Å². The van der Waals surface area contributed by atoms with E-state index in [4.69, 9.17) is 0 Å². The molecule has 0 N–H and O–H groups in total. The first-order valence-corrected chi connectivity index (χ1v) is 9.43. The van der Waals surface area contributed by atoms with Gasteiger partial charge < -0.3 is 0 Å². The van der Waals surface area contributed by atoms with Gasteiger partial charge in [0.1, 0.15) is 7.05 Å². The molecule has 0 aliphatic heterocycles. The van der Waals surface area contributed by atoms with Gasteiger partial charge in [0.15, 0.2) is 5.69 Å². The molecule has 0 radical (unpaired) electrons. The van der Waals surface area contributed by atoms with Crippen LogP contribution < -0.4 is 4.57 Å². The van der Waals surface area contributed by atoms with Crippen LogP contribution in [0.5, 0.6) is 0 Å². The number of aromatic nitrogens is 1. The van der Waals surface area contributed by atoms with Gasteiger partial charge in [-0.25, -0.2) is 0 Å². The fraction of sp³-hybridized carbons (Fsp3) is 0.375. The second-order valence-electron chi connectivity index (χ2n) is 7.72. The normalized spacial score (nSPS) is 11.5. The molecule has 1 aromatic heterocycles. The molecule has 0 atom stereocenters. The maximum Gasteiger partial charge on any atom is 0.220 e. The van der Waals surface area contributed by atoms with Crippen molar-refractivity contribution in [2.45, 2.75) is 47.5 Å². The summed E-state index contributed by atoms with van der Waals surface area (Å²) in [6.07, 6.45) is 2.20. The SMILES string of the molecule is CCc1ccc(C)c(-c2c3ccc(CC(C)C)cc3cc(C)[n+]2C)c1. The summed E-state index contributed by atoms with van der Waals surface area (Å²) < 4.78 is 2.34. The fourth-order valence-corrected chi connectivity index (χ4v) is 3.69. The van der Waals surface area contributed by atoms with Gasteiger partial charge >= 0.3 is 0 Å². The van der Waals surface area contributed by atoms with E-state index in [1.165, 1.54) is 44.4 Å². The Kier molecular flexibility index (Phi) is 4.94. The van der Waals surface area contributed by atoms with Crippen LogP contribution in [0, 0.1) is 19.8 Å². The largest absolute Gasteiger partial charge is 0.220 e. The van der Waals surface area contributed by atoms with Crippen molar-refractivity contribution in [2.24, 2.45) is 13.0 Å². The molecular formula is C24H30N+. The van der Waals surface area contributed by atoms with Gasteiger partial charge in [-0.05, 0) is 59.9 Å². The first kappa shape index (κ1) is 17.7. The van der Waals surface area contributed by atoms with E-state index in [1.54, 1.807) is 0 Å². The maximum atomic E-state index is 2.38. The zero-order valence-electron chi connectivity index (χ0n) is 16.5. The second-order valence-corrected chi connectivity index (χ2v) is 7.72. The van der Waals surface area contributed by atoms with Gasteiger partial charge in [0.05, 0.1) is 5.39 Å². The minimum Gasteiger partial charge on any atom is -0.198 e. The monoisotopic (exact) mass is 332 g/mol. The van der Waals surface area contributed by atoms with Crippen LogP contribution in [0.1, 0.15) is 43.2 Å². The van der Waals surface area contributed by atoms with E-state index in [-0.39, 0.29) is 0 Å². The lowest BCUT2D eigenvalue weighted by atomic mass is 9.94. The zero-order chi connectivity index (χ0) is 18.1. The Bertz CT molecular complexity index is 919. The number of benzene rings is 2. The molecule has 1 heterocycles. The molecule has 3 rings (SSSR count). The summed E-state index contributed by atoms with van der Waals surface area (Å²) in [5.74, 6) is 0.682. The van der Waals surface area contributed by atoms with E-state index < -0.39 is 0 Å². The molecule has 0 aliphatic rings. The van der Waals surface area contributed by atoms with Crippen LogP contribution in [-0.4, -0.2) is 0 Å². The smallest absolute Gasteiger partial charge is 0.198 e. The van der Waals surface area contributed by atoms with Crippen LogP contribution in [0.4, 0.5) is 0 Å². The van der Waals surface area contributed by atoms with Crippen molar-refractivity contribution in [2.75, 3.05) is 0 Å². The van der Waals surface area contributed by atoms with Crippen molar-refractivity contribution in [3.05, 3.63) is 64.8 Å². The summed E-state index contributed by atoms with van der Waals surface area (Å²) in [5, 5.41) is 2.70. The van der Waals surface area contributed by atoms with Crippen LogP contribution in [-0.2, 0) is 19.9 Å². The van der Waals surface area contributed by atoms with Crippen molar-refractivity contribution in [1.29, 1.82) is 0 Å². The third kappa shape index (κ3) is 3.46. The summed E-state index contributed by atoms with van der Waals surface area (Å²) in [6.45, 7) is 11.2. The Morgan fingerprint density at radius 2 is 1.64 bits per heavy atom. The molecule has 130 valence electrons. The predicted molar refractivity (Wildman–Crippen MR) is 108 cm³/mol. The van der Waals surface area contributed by atoms with Crippen LogP contribution in [0.2, 0.25) is 0 Å². The molecule has 1 nitrogen and oxygen atoms in total. The highest BCUT2D eigenvalue weighted by Crippen LogP contribution is 2.30. The molecule has 2 aromatic carbocycles. The first-order chi connectivity index (χ1) is 11.9. The number of nitrogens with zero attached hydrogens (tertiary/aromatic N) is 1. The molecular weight excluding hydrogens is 302 g/mol. The van der Waals surface area contributed by atoms with Crippen molar-refractivity contribution in [3.63, 3.8) is 0 Å². The highest BCUT2D eigenvalue weighted by Gasteiger charge is 2.20. The average molecular weight is 333 g/mol. The summed E-state index contributed by atoms with van der Waals surface area (Å²) in [4.78, 5) is 0. The molecule has 0 saturated carbocycles. The van der Waals surface area contributed by atoms with Crippen molar-refractivity contribution >= 4 is 10.8 Å². The van der Waals surface area contributed by atoms with Gasteiger partial charge in [0.2, 0.25) is 5.69 Å². The van der Waals surface area contributed by atoms with E-state index >= 15 is 0 Å². The molecule has 3 aromatic rings. The lowest BCUT2D eigenvalue weighted by molar-refractivity contribution is -0.665. The number of pyridine rings is 1. The summed E-state index contributed by atoms with van der Waals surface area (Å²) >= 11 is 0. The predicted octanol–water partition coefficient (Wildman–Crippen LogP) is 5.71. The van der Waals surface area contributed by atoms with Crippen molar-refractivity contribution in [3.8, 4) is 11.3 Å². The minimum absolute atomic E-state index is 0.682. The topological polar surface area (TPSA) is 3.88 Å².